The van der Waals surface area contributed by atoms with Crippen LogP contribution in [0, 0.1) is 10.1 Å². The molecule has 0 bridgehead atoms. The molecule has 1 aromatic carbocycles. The van der Waals surface area contributed by atoms with E-state index in [1.807, 2.05) is 0 Å². The fourth-order valence-corrected chi connectivity index (χ4v) is 2.86. The molecule has 6 heteroatoms. The Morgan fingerprint density at radius 2 is 1.90 bits per heavy atom. The van der Waals surface area contributed by atoms with Crippen molar-refractivity contribution >= 4 is 21.7 Å². The van der Waals surface area contributed by atoms with Gasteiger partial charge >= 0.3 is 0 Å². The van der Waals surface area contributed by atoms with Crippen LogP contribution >= 0.6 is 10.3 Å². The number of hydrogen-bond acceptors (Lipinski definition) is 4. The summed E-state index contributed by atoms with van der Waals surface area (Å²) in [5.74, 6) is 1.06. The van der Waals surface area contributed by atoms with Crippen LogP contribution in [0.15, 0.2) is 36.1 Å². The first-order valence-corrected chi connectivity index (χ1v) is 9.20. The van der Waals surface area contributed by atoms with Gasteiger partial charge in [-0.3, -0.25) is 10.1 Å². The normalized spacial score (nSPS) is 16.6. The summed E-state index contributed by atoms with van der Waals surface area (Å²) in [5.41, 5.74) is 1.13. The van der Waals surface area contributed by atoms with Crippen LogP contribution in [0.3, 0.4) is 0 Å². The molecule has 1 aliphatic rings. The molecular formula is C14H20N2O3S. The summed E-state index contributed by atoms with van der Waals surface area (Å²) in [6.07, 6.45) is 9.34. The zero-order valence-corrected chi connectivity index (χ0v) is 12.9. The largest absolute Gasteiger partial charge is 0.454 e. The van der Waals surface area contributed by atoms with Gasteiger partial charge in [-0.1, -0.05) is 0 Å². The van der Waals surface area contributed by atoms with Crippen LogP contribution in [-0.2, 0) is 4.18 Å². The van der Waals surface area contributed by atoms with Crippen LogP contribution in [0.5, 0.6) is 0 Å². The van der Waals surface area contributed by atoms with Crippen molar-refractivity contribution in [2.45, 2.75) is 6.42 Å². The van der Waals surface area contributed by atoms with Gasteiger partial charge in [-0.25, -0.2) is 0 Å². The van der Waals surface area contributed by atoms with Crippen LogP contribution in [0.2, 0.25) is 0 Å². The molecule has 0 unspecified atom stereocenters. The summed E-state index contributed by atoms with van der Waals surface area (Å²) in [4.78, 5) is 12.4. The maximum absolute atomic E-state index is 10.6. The monoisotopic (exact) mass is 296 g/mol. The number of anilines is 1. The zero-order chi connectivity index (χ0) is 14.8. The van der Waals surface area contributed by atoms with Gasteiger partial charge in [-0.2, -0.15) is 0 Å². The first kappa shape index (κ1) is 14.7. The highest BCUT2D eigenvalue weighted by molar-refractivity contribution is 8.28. The second kappa shape index (κ2) is 5.75. The minimum atomic E-state index is -0.983. The summed E-state index contributed by atoms with van der Waals surface area (Å²) in [7, 11) is -0.983. The standard InChI is InChI=1S/C14H20N2O3S/c1-20(2,3)19-14-8-10-15(11-9-14)12-4-6-13(7-5-12)16(17)18/h4-8H,9-11H2,1-3H3. The molecule has 0 radical (unpaired) electrons. The molecule has 110 valence electrons. The van der Waals surface area contributed by atoms with Gasteiger partial charge in [-0.15, -0.1) is 10.3 Å². The molecule has 0 aliphatic carbocycles. The molecule has 0 amide bonds. The molecule has 0 atom stereocenters. The maximum atomic E-state index is 10.6. The van der Waals surface area contributed by atoms with Crippen molar-refractivity contribution in [3.63, 3.8) is 0 Å². The Morgan fingerprint density at radius 3 is 2.35 bits per heavy atom. The Labute approximate surface area is 120 Å². The number of nitrogens with zero attached hydrogens (tertiary/aromatic N) is 2. The average Bonchev–Trinajstić information content (AvgIpc) is 2.38. The van der Waals surface area contributed by atoms with E-state index in [-0.39, 0.29) is 10.6 Å². The van der Waals surface area contributed by atoms with Gasteiger partial charge in [0.1, 0.15) is 5.76 Å². The van der Waals surface area contributed by atoms with Crippen molar-refractivity contribution in [1.82, 2.24) is 0 Å². The fourth-order valence-electron chi connectivity index (χ4n) is 2.07. The molecule has 0 saturated heterocycles. The lowest BCUT2D eigenvalue weighted by atomic mass is 10.2. The molecule has 20 heavy (non-hydrogen) atoms. The van der Waals surface area contributed by atoms with Crippen molar-refractivity contribution in [1.29, 1.82) is 0 Å². The lowest BCUT2D eigenvalue weighted by Gasteiger charge is -2.33. The van der Waals surface area contributed by atoms with E-state index >= 15 is 0 Å². The third kappa shape index (κ3) is 3.90. The second-order valence-corrected chi connectivity index (χ2v) is 9.06. The third-order valence-corrected chi connectivity index (χ3v) is 3.66. The Hall–Kier alpha value is -1.69. The van der Waals surface area contributed by atoms with E-state index in [4.69, 9.17) is 4.18 Å². The zero-order valence-electron chi connectivity index (χ0n) is 12.0. The van der Waals surface area contributed by atoms with E-state index in [1.54, 1.807) is 24.3 Å². The highest BCUT2D eigenvalue weighted by Crippen LogP contribution is 2.40. The van der Waals surface area contributed by atoms with Crippen molar-refractivity contribution in [3.8, 4) is 0 Å². The molecule has 0 N–H and O–H groups in total. The summed E-state index contributed by atoms with van der Waals surface area (Å²) >= 11 is 0. The number of nitro groups is 1. The quantitative estimate of drug-likeness (QED) is 0.632. The minimum Gasteiger partial charge on any atom is -0.454 e. The van der Waals surface area contributed by atoms with Crippen molar-refractivity contribution in [2.75, 3.05) is 36.8 Å². The van der Waals surface area contributed by atoms with Gasteiger partial charge < -0.3 is 9.08 Å². The predicted molar refractivity (Wildman–Crippen MR) is 84.5 cm³/mol. The first-order chi connectivity index (χ1) is 9.35. The Kier molecular flexibility index (Phi) is 4.23. The molecule has 1 aliphatic heterocycles. The van der Waals surface area contributed by atoms with Crippen LogP contribution < -0.4 is 4.90 Å². The molecule has 5 nitrogen and oxygen atoms in total. The van der Waals surface area contributed by atoms with E-state index in [9.17, 15) is 10.1 Å². The highest BCUT2D eigenvalue weighted by atomic mass is 32.3. The number of hydrogen-bond donors (Lipinski definition) is 0. The van der Waals surface area contributed by atoms with Gasteiger partial charge in [-0.05, 0) is 37.0 Å². The molecular weight excluding hydrogens is 276 g/mol. The summed E-state index contributed by atoms with van der Waals surface area (Å²) in [5, 5.41) is 10.6. The van der Waals surface area contributed by atoms with Crippen LogP contribution in [-0.4, -0.2) is 36.8 Å². The molecule has 0 spiro atoms. The molecule has 0 fully saturated rings. The average molecular weight is 296 g/mol. The van der Waals surface area contributed by atoms with Crippen molar-refractivity contribution in [2.24, 2.45) is 0 Å². The van der Waals surface area contributed by atoms with E-state index in [0.717, 1.165) is 31.0 Å². The Bertz CT molecular complexity index is 520. The minimum absolute atomic E-state index is 0.127. The lowest BCUT2D eigenvalue weighted by molar-refractivity contribution is -0.384. The maximum Gasteiger partial charge on any atom is 0.269 e. The van der Waals surface area contributed by atoms with E-state index in [0.29, 0.717) is 0 Å². The van der Waals surface area contributed by atoms with Crippen LogP contribution in [0.1, 0.15) is 6.42 Å². The van der Waals surface area contributed by atoms with Gasteiger partial charge in [0.2, 0.25) is 0 Å². The van der Waals surface area contributed by atoms with Gasteiger partial charge in [0.05, 0.1) is 4.92 Å². The number of nitro benzene ring substituents is 1. The third-order valence-electron chi connectivity index (χ3n) is 2.95. The van der Waals surface area contributed by atoms with Crippen LogP contribution in [0.4, 0.5) is 11.4 Å². The van der Waals surface area contributed by atoms with E-state index in [1.165, 1.54) is 0 Å². The van der Waals surface area contributed by atoms with E-state index < -0.39 is 10.3 Å². The number of non-ortho nitro benzene ring substituents is 1. The van der Waals surface area contributed by atoms with E-state index in [2.05, 4.69) is 29.7 Å². The Balaban J connectivity index is 2.01. The fraction of sp³-hybridized carbons (Fsp3) is 0.429. The van der Waals surface area contributed by atoms with Gasteiger partial charge in [0.15, 0.2) is 0 Å². The SMILES string of the molecule is CS(C)(C)OC1=CCN(c2ccc([N+](=O)[O-])cc2)CC1. The number of benzene rings is 1. The number of rotatable bonds is 4. The summed E-state index contributed by atoms with van der Waals surface area (Å²) in [6.45, 7) is 1.65. The topological polar surface area (TPSA) is 55.6 Å². The molecule has 0 saturated carbocycles. The van der Waals surface area contributed by atoms with Crippen LogP contribution in [0.25, 0.3) is 0 Å². The molecule has 0 aromatic heterocycles. The molecule has 2 rings (SSSR count). The van der Waals surface area contributed by atoms with Gasteiger partial charge in [0.25, 0.3) is 5.69 Å². The highest BCUT2D eigenvalue weighted by Gasteiger charge is 2.17. The predicted octanol–water partition coefficient (Wildman–Crippen LogP) is 3.31. The Morgan fingerprint density at radius 1 is 1.25 bits per heavy atom. The summed E-state index contributed by atoms with van der Waals surface area (Å²) < 4.78 is 5.94. The first-order valence-electron chi connectivity index (χ1n) is 6.41. The van der Waals surface area contributed by atoms with Gasteiger partial charge in [0, 0.05) is 37.3 Å². The molecule has 1 heterocycles. The smallest absolute Gasteiger partial charge is 0.269 e. The van der Waals surface area contributed by atoms with Crippen molar-refractivity contribution < 1.29 is 9.11 Å². The second-order valence-electron chi connectivity index (χ2n) is 5.45. The lowest BCUT2D eigenvalue weighted by Crippen LogP contribution is -2.29. The summed E-state index contributed by atoms with van der Waals surface area (Å²) in [6, 6.07) is 6.69. The van der Waals surface area contributed by atoms with Crippen molar-refractivity contribution in [3.05, 3.63) is 46.2 Å². The molecule has 1 aromatic rings.